The molecule has 2 saturated carbocycles. The summed E-state index contributed by atoms with van der Waals surface area (Å²) < 4.78 is 23.0. The lowest BCUT2D eigenvalue weighted by Gasteiger charge is -2.34. The lowest BCUT2D eigenvalue weighted by molar-refractivity contribution is -0.140. The van der Waals surface area contributed by atoms with Crippen molar-refractivity contribution >= 4 is 45.8 Å². The van der Waals surface area contributed by atoms with Crippen LogP contribution in [0.3, 0.4) is 0 Å². The summed E-state index contributed by atoms with van der Waals surface area (Å²) in [6, 6.07) is 10.6. The third kappa shape index (κ3) is 7.55. The van der Waals surface area contributed by atoms with E-state index in [2.05, 4.69) is 68.6 Å². The minimum Gasteiger partial charge on any atom is -0.453 e. The van der Waals surface area contributed by atoms with Crippen molar-refractivity contribution < 1.29 is 38.1 Å². The van der Waals surface area contributed by atoms with Crippen molar-refractivity contribution in [2.45, 2.75) is 114 Å². The Labute approximate surface area is 371 Å². The van der Waals surface area contributed by atoms with Gasteiger partial charge < -0.3 is 53.9 Å². The van der Waals surface area contributed by atoms with Gasteiger partial charge in [-0.05, 0) is 76.3 Å². The van der Waals surface area contributed by atoms with Gasteiger partial charge >= 0.3 is 12.2 Å². The maximum Gasteiger partial charge on any atom is 0.407 e. The molecule has 340 valence electrons. The number of alkyl carbamates (subject to hydrolysis) is 2. The zero-order chi connectivity index (χ0) is 45.0. The van der Waals surface area contributed by atoms with Crippen molar-refractivity contribution in [2.75, 3.05) is 28.4 Å². The second-order valence-corrected chi connectivity index (χ2v) is 18.0. The molecule has 5 heterocycles. The number of fused-ring (bicyclic) bond motifs is 5. The predicted octanol–water partition coefficient (Wildman–Crippen LogP) is 6.51. The highest BCUT2D eigenvalue weighted by Gasteiger charge is 2.51. The number of nitrogens with zero attached hydrogens (tertiary/aromatic N) is 5. The largest absolute Gasteiger partial charge is 0.453 e. The molecule has 2 saturated heterocycles. The number of imidazole rings is 2. The van der Waals surface area contributed by atoms with Gasteiger partial charge in [-0.3, -0.25) is 9.59 Å². The summed E-state index contributed by atoms with van der Waals surface area (Å²) in [5.74, 6) is 1.74. The summed E-state index contributed by atoms with van der Waals surface area (Å²) in [7, 11) is 7.68. The molecule has 2 aliphatic heterocycles. The Morgan fingerprint density at radius 2 is 1.08 bits per heavy atom. The summed E-state index contributed by atoms with van der Waals surface area (Å²) in [6.07, 6.45) is 8.76. The van der Waals surface area contributed by atoms with Crippen LogP contribution in [0.5, 0.6) is 0 Å². The van der Waals surface area contributed by atoms with Gasteiger partial charge in [0.25, 0.3) is 0 Å². The molecular weight excluding hydrogens is 819 g/mol. The first-order valence-corrected chi connectivity index (χ1v) is 22.5. The Morgan fingerprint density at radius 1 is 0.656 bits per heavy atom. The summed E-state index contributed by atoms with van der Waals surface area (Å²) in [5.41, 5.74) is 5.73. The minimum absolute atomic E-state index is 0.0587. The summed E-state index contributed by atoms with van der Waals surface area (Å²) in [4.78, 5) is 74.0. The number of nitrogens with one attached hydrogen (secondary N) is 4. The van der Waals surface area contributed by atoms with Gasteiger partial charge in [-0.2, -0.15) is 0 Å². The predicted molar refractivity (Wildman–Crippen MR) is 238 cm³/mol. The van der Waals surface area contributed by atoms with E-state index in [0.29, 0.717) is 11.8 Å². The van der Waals surface area contributed by atoms with Crippen LogP contribution in [0.15, 0.2) is 48.8 Å². The molecule has 0 radical (unpaired) electrons. The average molecular weight is 878 g/mol. The Hall–Kier alpha value is -5.94. The number of amides is 4. The maximum atomic E-state index is 14.3. The Morgan fingerprint density at radius 3 is 1.47 bits per heavy atom. The van der Waals surface area contributed by atoms with Gasteiger partial charge in [0.05, 0.1) is 62.3 Å². The van der Waals surface area contributed by atoms with Gasteiger partial charge in [-0.15, -0.1) is 0 Å². The Kier molecular flexibility index (Phi) is 11.9. The van der Waals surface area contributed by atoms with Crippen molar-refractivity contribution in [1.29, 1.82) is 0 Å². The Bertz CT molecular complexity index is 2390. The molecule has 4 fully saturated rings. The molecule has 17 nitrogen and oxygen atoms in total. The first kappa shape index (κ1) is 43.3. The van der Waals surface area contributed by atoms with Crippen LogP contribution in [0.4, 0.5) is 9.59 Å². The molecule has 0 unspecified atom stereocenters. The van der Waals surface area contributed by atoms with Gasteiger partial charge in [-0.25, -0.2) is 19.6 Å². The maximum absolute atomic E-state index is 14.3. The van der Waals surface area contributed by atoms with Crippen LogP contribution in [-0.4, -0.2) is 123 Å². The number of aromatic nitrogens is 5. The fraction of sp³-hybridized carbons (Fsp3) is 0.532. The van der Waals surface area contributed by atoms with E-state index in [9.17, 15) is 19.2 Å². The lowest BCUT2D eigenvalue weighted by atomic mass is 10.0. The lowest BCUT2D eigenvalue weighted by Crippen LogP contribution is -2.55. The first-order valence-electron chi connectivity index (χ1n) is 22.5. The van der Waals surface area contributed by atoms with E-state index < -0.39 is 36.5 Å². The third-order valence-electron chi connectivity index (χ3n) is 14.8. The van der Waals surface area contributed by atoms with Gasteiger partial charge in [0.2, 0.25) is 11.8 Å². The molecule has 0 bridgehead atoms. The highest BCUT2D eigenvalue weighted by Crippen LogP contribution is 2.49. The number of methoxy groups -OCH3 is 4. The molecule has 64 heavy (non-hydrogen) atoms. The van der Waals surface area contributed by atoms with Crippen molar-refractivity contribution in [2.24, 2.45) is 18.9 Å². The van der Waals surface area contributed by atoms with E-state index in [0.717, 1.165) is 107 Å². The molecule has 0 spiro atoms. The zero-order valence-corrected chi connectivity index (χ0v) is 37.6. The summed E-state index contributed by atoms with van der Waals surface area (Å²) >= 11 is 0. The number of H-pyrrole nitrogens is 2. The highest BCUT2D eigenvalue weighted by molar-refractivity contribution is 6.09. The number of aryl methyl sites for hydroxylation is 1. The monoisotopic (exact) mass is 877 g/mol. The molecule has 2 aromatic carbocycles. The van der Waals surface area contributed by atoms with Crippen LogP contribution in [0.25, 0.3) is 44.3 Å². The summed E-state index contributed by atoms with van der Waals surface area (Å²) in [5, 5.41) is 7.66. The summed E-state index contributed by atoms with van der Waals surface area (Å²) in [6.45, 7) is 3.54. The van der Waals surface area contributed by atoms with Gasteiger partial charge in [0.1, 0.15) is 23.7 Å². The van der Waals surface area contributed by atoms with E-state index >= 15 is 0 Å². The van der Waals surface area contributed by atoms with Gasteiger partial charge in [0.15, 0.2) is 0 Å². The smallest absolute Gasteiger partial charge is 0.407 e. The molecular formula is C47H59N9O8. The number of carbonyl (C=O) groups excluding carboxylic acids is 4. The number of ether oxygens (including phenoxy) is 4. The molecule has 5 aromatic rings. The van der Waals surface area contributed by atoms with E-state index in [1.165, 1.54) is 28.4 Å². The number of benzene rings is 2. The Balaban J connectivity index is 0.978. The van der Waals surface area contributed by atoms with Crippen LogP contribution < -0.4 is 10.6 Å². The van der Waals surface area contributed by atoms with E-state index in [-0.39, 0.29) is 36.0 Å². The topological polar surface area (TPSA) is 198 Å². The van der Waals surface area contributed by atoms with Crippen LogP contribution in [0, 0.1) is 11.8 Å². The van der Waals surface area contributed by atoms with Crippen LogP contribution >= 0.6 is 0 Å². The standard InChI is InChI=1S/C47H59N9O8/c1-24(61-4)40(52-46(59)63-6)44(57)55-34-12-8-10-28(34)20-38(55)42-48-22-32(50-42)26-14-16-30-31-17-15-27(19-37(31)54(3)36(30)18-26)33-23-49-43(51-33)39-21-29-11-9-13-35(29)56(39)45(58)41(25(2)62-5)53-47(60)64-7/h14-19,22-25,28-29,34-35,38-41H,8-13,20-21H2,1-7H3,(H,48,50)(H,49,51)(H,52,59)(H,53,60)/t24-,25-,28+,29+,34+,35+,38+,39+,40+,41+/m1/s1. The van der Waals surface area contributed by atoms with E-state index in [1.807, 2.05) is 22.2 Å². The highest BCUT2D eigenvalue weighted by atomic mass is 16.5. The molecule has 2 aliphatic carbocycles. The normalized spacial score (nSPS) is 24.7. The SMILES string of the molecule is COC(=O)N[C@H](C(=O)N1[C@H](c2ncc(-c3ccc4c5ccc(-c6cnc([C@@H]7C[C@@H]8CCC[C@@H]8N7C(=O)[C@@H](NC(=O)OC)[C@@H](C)OC)[nH]6)cc5n(C)c4c3)[nH]2)C[C@@H]2CCC[C@@H]21)[C@@H](C)OC. The molecule has 17 heteroatoms. The van der Waals surface area contributed by atoms with E-state index in [1.54, 1.807) is 13.8 Å². The minimum atomic E-state index is -0.909. The van der Waals surface area contributed by atoms with Gasteiger partial charge in [0, 0.05) is 66.3 Å². The van der Waals surface area contributed by atoms with E-state index in [4.69, 9.17) is 28.9 Å². The van der Waals surface area contributed by atoms with Crippen molar-refractivity contribution in [3.63, 3.8) is 0 Å². The molecule has 9 rings (SSSR count). The number of aromatic amines is 2. The number of likely N-dealkylation sites (tertiary alicyclic amines) is 2. The second kappa shape index (κ2) is 17.6. The van der Waals surface area contributed by atoms with Crippen molar-refractivity contribution in [3.05, 3.63) is 60.4 Å². The van der Waals surface area contributed by atoms with Crippen molar-refractivity contribution in [3.8, 4) is 22.5 Å². The molecule has 10 atom stereocenters. The fourth-order valence-corrected chi connectivity index (χ4v) is 11.3. The fourth-order valence-electron chi connectivity index (χ4n) is 11.3. The first-order chi connectivity index (χ1) is 30.9. The van der Waals surface area contributed by atoms with Crippen LogP contribution in [0.1, 0.15) is 88.9 Å². The molecule has 4 N–H and O–H groups in total. The van der Waals surface area contributed by atoms with Crippen molar-refractivity contribution in [1.82, 2.24) is 44.9 Å². The number of carbonyl (C=O) groups is 4. The number of hydrogen-bond donors (Lipinski definition) is 4. The molecule has 3 aromatic heterocycles. The van der Waals surface area contributed by atoms with Crippen LogP contribution in [-0.2, 0) is 35.6 Å². The zero-order valence-electron chi connectivity index (χ0n) is 37.6. The number of hydrogen-bond acceptors (Lipinski definition) is 10. The average Bonchev–Trinajstić information content (AvgIpc) is 4.18. The molecule has 4 aliphatic rings. The molecule has 4 amide bonds. The second-order valence-electron chi connectivity index (χ2n) is 18.0. The third-order valence-corrected chi connectivity index (χ3v) is 14.8. The van der Waals surface area contributed by atoms with Gasteiger partial charge in [-0.1, -0.05) is 37.1 Å². The van der Waals surface area contributed by atoms with Crippen LogP contribution in [0.2, 0.25) is 0 Å². The quantitative estimate of drug-likeness (QED) is 0.107. The number of rotatable bonds is 12.